The summed E-state index contributed by atoms with van der Waals surface area (Å²) >= 11 is 5.90. The normalized spacial score (nSPS) is 10.5. The molecule has 1 aromatic heterocycles. The summed E-state index contributed by atoms with van der Waals surface area (Å²) in [7, 11) is 0. The first-order valence-corrected chi connectivity index (χ1v) is 8.74. The predicted octanol–water partition coefficient (Wildman–Crippen LogP) is 4.61. The summed E-state index contributed by atoms with van der Waals surface area (Å²) in [6, 6.07) is 19.9. The molecule has 0 saturated heterocycles. The summed E-state index contributed by atoms with van der Waals surface area (Å²) in [5.41, 5.74) is 2.28. The molecule has 0 atom stereocenters. The average Bonchev–Trinajstić information content (AvgIpc) is 2.67. The molecule has 0 aliphatic heterocycles. The smallest absolute Gasteiger partial charge is 0.227 e. The third-order valence-corrected chi connectivity index (χ3v) is 4.31. The molecule has 132 valence electrons. The number of hydrogen-bond acceptors (Lipinski definition) is 3. The van der Waals surface area contributed by atoms with Crippen molar-refractivity contribution in [2.45, 2.75) is 19.4 Å². The molecule has 0 aliphatic rings. The number of aryl methyl sites for hydroxylation is 1. The number of aromatic nitrogens is 1. The van der Waals surface area contributed by atoms with Gasteiger partial charge in [0, 0.05) is 17.6 Å². The second-order valence-corrected chi connectivity index (χ2v) is 6.35. The molecule has 4 nitrogen and oxygen atoms in total. The highest BCUT2D eigenvalue weighted by Gasteiger charge is 2.19. The summed E-state index contributed by atoms with van der Waals surface area (Å²) in [5, 5.41) is 10.9. The van der Waals surface area contributed by atoms with Gasteiger partial charge in [0.15, 0.2) is 0 Å². The number of carbonyl (C=O) groups excluding carboxylic acids is 1. The fraction of sp³-hybridized carbons (Fsp3) is 0.143. The minimum atomic E-state index is -0.0768. The Hall–Kier alpha value is -2.85. The van der Waals surface area contributed by atoms with E-state index >= 15 is 0 Å². The van der Waals surface area contributed by atoms with Crippen LogP contribution in [0.4, 0.5) is 5.69 Å². The zero-order valence-electron chi connectivity index (χ0n) is 14.2. The molecular weight excluding hydrogens is 348 g/mol. The van der Waals surface area contributed by atoms with E-state index in [2.05, 4.69) is 4.98 Å². The van der Waals surface area contributed by atoms with Crippen LogP contribution < -0.4 is 4.90 Å². The molecule has 0 spiro atoms. The van der Waals surface area contributed by atoms with Crippen LogP contribution >= 0.6 is 11.6 Å². The van der Waals surface area contributed by atoms with Crippen molar-refractivity contribution in [3.8, 4) is 5.75 Å². The van der Waals surface area contributed by atoms with E-state index in [4.69, 9.17) is 11.6 Å². The number of carbonyl (C=O) groups is 1. The average molecular weight is 367 g/mol. The van der Waals surface area contributed by atoms with Crippen LogP contribution in [0.2, 0.25) is 5.02 Å². The van der Waals surface area contributed by atoms with Gasteiger partial charge in [-0.3, -0.25) is 9.78 Å². The van der Waals surface area contributed by atoms with Crippen molar-refractivity contribution in [1.82, 2.24) is 4.98 Å². The highest BCUT2D eigenvalue weighted by molar-refractivity contribution is 6.30. The van der Waals surface area contributed by atoms with E-state index < -0.39 is 0 Å². The molecule has 26 heavy (non-hydrogen) atoms. The Labute approximate surface area is 157 Å². The highest BCUT2D eigenvalue weighted by atomic mass is 35.5. The Kier molecular flexibility index (Phi) is 5.87. The van der Waals surface area contributed by atoms with Crippen molar-refractivity contribution < 1.29 is 9.90 Å². The van der Waals surface area contributed by atoms with Crippen molar-refractivity contribution in [3.05, 3.63) is 89.2 Å². The molecule has 1 N–H and O–H groups in total. The second kappa shape index (κ2) is 8.50. The Morgan fingerprint density at radius 2 is 1.73 bits per heavy atom. The quantitative estimate of drug-likeness (QED) is 0.693. The molecular formula is C21H19ClN2O2. The van der Waals surface area contributed by atoms with Crippen molar-refractivity contribution >= 4 is 23.2 Å². The molecule has 0 aliphatic carbocycles. The molecule has 1 heterocycles. The number of para-hydroxylation sites is 2. The van der Waals surface area contributed by atoms with Gasteiger partial charge in [0.1, 0.15) is 5.75 Å². The van der Waals surface area contributed by atoms with E-state index in [1.807, 2.05) is 42.5 Å². The minimum absolute atomic E-state index is 0.0725. The number of phenols is 1. The lowest BCUT2D eigenvalue weighted by atomic mass is 10.1. The number of rotatable bonds is 6. The van der Waals surface area contributed by atoms with Gasteiger partial charge in [-0.1, -0.05) is 41.9 Å². The fourth-order valence-corrected chi connectivity index (χ4v) is 2.82. The van der Waals surface area contributed by atoms with Crippen LogP contribution in [0.1, 0.15) is 17.7 Å². The van der Waals surface area contributed by atoms with Gasteiger partial charge in [0.05, 0.1) is 17.9 Å². The van der Waals surface area contributed by atoms with Crippen molar-refractivity contribution in [2.75, 3.05) is 4.90 Å². The first kappa shape index (κ1) is 18.0. The number of halogens is 1. The van der Waals surface area contributed by atoms with E-state index in [9.17, 15) is 9.90 Å². The van der Waals surface area contributed by atoms with Gasteiger partial charge in [-0.05, 0) is 48.4 Å². The van der Waals surface area contributed by atoms with Gasteiger partial charge in [0.25, 0.3) is 0 Å². The molecule has 0 fully saturated rings. The Morgan fingerprint density at radius 3 is 2.42 bits per heavy atom. The number of phenolic OH excluding ortho intramolecular Hbond substituents is 1. The standard InChI is InChI=1S/C21H19ClN2O2/c22-17-11-8-16(9-12-17)10-13-21(26)24(15-18-5-3-4-14-23-18)19-6-1-2-7-20(19)25/h1-9,11-12,14,25H,10,13,15H2. The lowest BCUT2D eigenvalue weighted by Crippen LogP contribution is -2.31. The van der Waals surface area contributed by atoms with Crippen molar-refractivity contribution in [3.63, 3.8) is 0 Å². The number of pyridine rings is 1. The largest absolute Gasteiger partial charge is 0.506 e. The van der Waals surface area contributed by atoms with Gasteiger partial charge >= 0.3 is 0 Å². The molecule has 1 amide bonds. The van der Waals surface area contributed by atoms with E-state index in [1.54, 1.807) is 35.4 Å². The van der Waals surface area contributed by atoms with Crippen LogP contribution in [-0.4, -0.2) is 16.0 Å². The number of aromatic hydroxyl groups is 1. The zero-order valence-corrected chi connectivity index (χ0v) is 14.9. The molecule has 3 rings (SSSR count). The van der Waals surface area contributed by atoms with Crippen molar-refractivity contribution in [2.24, 2.45) is 0 Å². The predicted molar refractivity (Wildman–Crippen MR) is 103 cm³/mol. The molecule has 0 saturated carbocycles. The van der Waals surface area contributed by atoms with E-state index in [-0.39, 0.29) is 11.7 Å². The van der Waals surface area contributed by atoms with Gasteiger partial charge in [-0.2, -0.15) is 0 Å². The summed E-state index contributed by atoms with van der Waals surface area (Å²) in [6.45, 7) is 0.303. The highest BCUT2D eigenvalue weighted by Crippen LogP contribution is 2.28. The summed E-state index contributed by atoms with van der Waals surface area (Å²) in [4.78, 5) is 18.8. The third kappa shape index (κ3) is 4.61. The number of benzene rings is 2. The lowest BCUT2D eigenvalue weighted by Gasteiger charge is -2.23. The summed E-state index contributed by atoms with van der Waals surface area (Å²) in [6.07, 6.45) is 2.61. The van der Waals surface area contributed by atoms with Crippen LogP contribution in [0, 0.1) is 0 Å². The first-order valence-electron chi connectivity index (χ1n) is 8.36. The van der Waals surface area contributed by atoms with E-state index in [0.29, 0.717) is 30.1 Å². The maximum absolute atomic E-state index is 12.9. The number of nitrogens with zero attached hydrogens (tertiary/aromatic N) is 2. The molecule has 3 aromatic rings. The SMILES string of the molecule is O=C(CCc1ccc(Cl)cc1)N(Cc1ccccn1)c1ccccc1O. The Morgan fingerprint density at radius 1 is 1.00 bits per heavy atom. The summed E-state index contributed by atoms with van der Waals surface area (Å²) in [5.74, 6) is -0.00428. The Bertz CT molecular complexity index is 867. The van der Waals surface area contributed by atoms with Crippen LogP contribution in [0.15, 0.2) is 72.9 Å². The maximum atomic E-state index is 12.9. The third-order valence-electron chi connectivity index (χ3n) is 4.06. The van der Waals surface area contributed by atoms with Crippen LogP contribution in [0.25, 0.3) is 0 Å². The number of amides is 1. The van der Waals surface area contributed by atoms with E-state index in [1.165, 1.54) is 0 Å². The first-order chi connectivity index (χ1) is 12.6. The summed E-state index contributed by atoms with van der Waals surface area (Å²) < 4.78 is 0. The minimum Gasteiger partial charge on any atom is -0.506 e. The number of anilines is 1. The van der Waals surface area contributed by atoms with Crippen LogP contribution in [-0.2, 0) is 17.8 Å². The van der Waals surface area contributed by atoms with Gasteiger partial charge in [-0.15, -0.1) is 0 Å². The van der Waals surface area contributed by atoms with E-state index in [0.717, 1.165) is 11.3 Å². The monoisotopic (exact) mass is 366 g/mol. The molecule has 0 unspecified atom stereocenters. The zero-order chi connectivity index (χ0) is 18.4. The lowest BCUT2D eigenvalue weighted by molar-refractivity contribution is -0.118. The topological polar surface area (TPSA) is 53.4 Å². The second-order valence-electron chi connectivity index (χ2n) is 5.92. The molecule has 5 heteroatoms. The number of hydrogen-bond donors (Lipinski definition) is 1. The molecule has 0 radical (unpaired) electrons. The van der Waals surface area contributed by atoms with Gasteiger partial charge in [0.2, 0.25) is 5.91 Å². The molecule has 2 aromatic carbocycles. The van der Waals surface area contributed by atoms with Gasteiger partial charge < -0.3 is 10.0 Å². The molecule has 0 bridgehead atoms. The van der Waals surface area contributed by atoms with Gasteiger partial charge in [-0.25, -0.2) is 0 Å². The van der Waals surface area contributed by atoms with Crippen molar-refractivity contribution in [1.29, 1.82) is 0 Å². The maximum Gasteiger partial charge on any atom is 0.227 e. The van der Waals surface area contributed by atoms with Crippen LogP contribution in [0.5, 0.6) is 5.75 Å². The Balaban J connectivity index is 1.79. The van der Waals surface area contributed by atoms with Crippen LogP contribution in [0.3, 0.4) is 0 Å². The fourth-order valence-electron chi connectivity index (χ4n) is 2.69.